The van der Waals surface area contributed by atoms with E-state index in [1.165, 1.54) is 0 Å². The van der Waals surface area contributed by atoms with Gasteiger partial charge in [-0.3, -0.25) is 4.79 Å². The van der Waals surface area contributed by atoms with Crippen LogP contribution in [0.1, 0.15) is 40.5 Å². The number of carbonyl (C=O) groups is 1. The van der Waals surface area contributed by atoms with Gasteiger partial charge in [0.25, 0.3) is 0 Å². The molecule has 3 atom stereocenters. The Morgan fingerprint density at radius 2 is 2.00 bits per heavy atom. The molecule has 0 bridgehead atoms. The standard InChI is InChI=1S/C15H30O4Si/c1-11(9-19-20(5,6)15(2,3)4)14(17)8-12(16)7-13-10-18-13/h11-13,16H,7-10H2,1-6H3/t11-,12-,13-/m0/s1. The van der Waals surface area contributed by atoms with Crippen molar-refractivity contribution in [3.8, 4) is 0 Å². The van der Waals surface area contributed by atoms with Crippen LogP contribution in [0, 0.1) is 5.92 Å². The van der Waals surface area contributed by atoms with Crippen LogP contribution >= 0.6 is 0 Å². The van der Waals surface area contributed by atoms with Crippen LogP contribution in [0.4, 0.5) is 0 Å². The highest BCUT2D eigenvalue weighted by molar-refractivity contribution is 6.74. The van der Waals surface area contributed by atoms with E-state index >= 15 is 0 Å². The molecule has 0 aromatic rings. The molecule has 4 nitrogen and oxygen atoms in total. The van der Waals surface area contributed by atoms with Gasteiger partial charge in [-0.25, -0.2) is 0 Å². The minimum Gasteiger partial charge on any atom is -0.416 e. The summed E-state index contributed by atoms with van der Waals surface area (Å²) in [6.45, 7) is 14.0. The fourth-order valence-corrected chi connectivity index (χ4v) is 2.77. The number of Topliss-reactive ketones (excluding diaryl/α,β-unsaturated/α-hetero) is 1. The molecule has 1 fully saturated rings. The van der Waals surface area contributed by atoms with E-state index in [1.807, 2.05) is 6.92 Å². The smallest absolute Gasteiger partial charge is 0.192 e. The second-order valence-corrected chi connectivity index (χ2v) is 12.3. The van der Waals surface area contributed by atoms with Gasteiger partial charge in [0, 0.05) is 25.4 Å². The van der Waals surface area contributed by atoms with Gasteiger partial charge in [0.2, 0.25) is 0 Å². The Morgan fingerprint density at radius 1 is 1.45 bits per heavy atom. The molecule has 0 saturated carbocycles. The van der Waals surface area contributed by atoms with Gasteiger partial charge in [-0.05, 0) is 18.1 Å². The molecule has 0 unspecified atom stereocenters. The minimum absolute atomic E-state index is 0.0804. The lowest BCUT2D eigenvalue weighted by Crippen LogP contribution is -2.42. The van der Waals surface area contributed by atoms with Crippen molar-refractivity contribution in [2.24, 2.45) is 5.92 Å². The van der Waals surface area contributed by atoms with Gasteiger partial charge in [0.05, 0.1) is 18.8 Å². The second kappa shape index (κ2) is 6.69. The van der Waals surface area contributed by atoms with Crippen LogP contribution in [0.25, 0.3) is 0 Å². The molecule has 1 heterocycles. The van der Waals surface area contributed by atoms with Gasteiger partial charge in [0.15, 0.2) is 8.32 Å². The number of ketones is 1. The van der Waals surface area contributed by atoms with Crippen molar-refractivity contribution < 1.29 is 19.1 Å². The lowest BCUT2D eigenvalue weighted by atomic mass is 10.00. The summed E-state index contributed by atoms with van der Waals surface area (Å²) in [5.41, 5.74) is 0. The predicted molar refractivity (Wildman–Crippen MR) is 82.3 cm³/mol. The van der Waals surface area contributed by atoms with Crippen molar-refractivity contribution in [1.82, 2.24) is 0 Å². The van der Waals surface area contributed by atoms with Crippen molar-refractivity contribution in [3.63, 3.8) is 0 Å². The normalized spacial score (nSPS) is 22.4. The predicted octanol–water partition coefficient (Wildman–Crippen LogP) is 2.75. The summed E-state index contributed by atoms with van der Waals surface area (Å²) in [6, 6.07) is 0. The van der Waals surface area contributed by atoms with Crippen molar-refractivity contribution >= 4 is 14.1 Å². The SMILES string of the molecule is C[C@@H](CO[Si](C)(C)C(C)(C)C)C(=O)C[C@@H](O)C[C@H]1CO1. The molecule has 1 rings (SSSR count). The van der Waals surface area contributed by atoms with E-state index in [9.17, 15) is 9.90 Å². The molecular formula is C15H30O4Si. The van der Waals surface area contributed by atoms with Crippen LogP contribution in [0.5, 0.6) is 0 Å². The number of carbonyl (C=O) groups excluding carboxylic acids is 1. The average molecular weight is 302 g/mol. The third kappa shape index (κ3) is 5.64. The lowest BCUT2D eigenvalue weighted by Gasteiger charge is -2.36. The summed E-state index contributed by atoms with van der Waals surface area (Å²) >= 11 is 0. The van der Waals surface area contributed by atoms with Crippen LogP contribution in [-0.2, 0) is 14.0 Å². The summed E-state index contributed by atoms with van der Waals surface area (Å²) in [5, 5.41) is 9.95. The number of aliphatic hydroxyl groups excluding tert-OH is 1. The monoisotopic (exact) mass is 302 g/mol. The zero-order valence-electron chi connectivity index (χ0n) is 13.7. The molecule has 0 aromatic carbocycles. The van der Waals surface area contributed by atoms with E-state index in [-0.39, 0.29) is 29.3 Å². The maximum absolute atomic E-state index is 12.1. The Balaban J connectivity index is 2.33. The summed E-state index contributed by atoms with van der Waals surface area (Å²) in [4.78, 5) is 12.1. The number of epoxide rings is 1. The van der Waals surface area contributed by atoms with Crippen LogP contribution < -0.4 is 0 Å². The molecule has 0 amide bonds. The number of hydrogen-bond donors (Lipinski definition) is 1. The number of aliphatic hydroxyl groups is 1. The molecule has 1 saturated heterocycles. The Kier molecular flexibility index (Phi) is 5.96. The maximum atomic E-state index is 12.1. The molecule has 0 aliphatic carbocycles. The first-order valence-corrected chi connectivity index (χ1v) is 10.4. The molecule has 118 valence electrons. The Labute approximate surface area is 124 Å². The molecule has 5 heteroatoms. The van der Waals surface area contributed by atoms with Gasteiger partial charge in [-0.15, -0.1) is 0 Å². The van der Waals surface area contributed by atoms with E-state index in [4.69, 9.17) is 9.16 Å². The molecule has 20 heavy (non-hydrogen) atoms. The van der Waals surface area contributed by atoms with Crippen molar-refractivity contribution in [2.75, 3.05) is 13.2 Å². The average Bonchev–Trinajstić information content (AvgIpc) is 3.07. The Hall–Kier alpha value is -0.233. The lowest BCUT2D eigenvalue weighted by molar-refractivity contribution is -0.125. The van der Waals surface area contributed by atoms with Gasteiger partial charge < -0.3 is 14.3 Å². The molecular weight excluding hydrogens is 272 g/mol. The van der Waals surface area contributed by atoms with Crippen LogP contribution in [0.2, 0.25) is 18.1 Å². The zero-order chi connectivity index (χ0) is 15.6. The first kappa shape index (κ1) is 17.8. The largest absolute Gasteiger partial charge is 0.416 e. The third-order valence-corrected chi connectivity index (χ3v) is 8.92. The molecule has 1 aliphatic rings. The fraction of sp³-hybridized carbons (Fsp3) is 0.933. The van der Waals surface area contributed by atoms with Crippen LogP contribution in [-0.4, -0.2) is 44.6 Å². The molecule has 1 N–H and O–H groups in total. The topological polar surface area (TPSA) is 59.1 Å². The van der Waals surface area contributed by atoms with E-state index in [2.05, 4.69) is 33.9 Å². The Morgan fingerprint density at radius 3 is 2.45 bits per heavy atom. The van der Waals surface area contributed by atoms with Crippen molar-refractivity contribution in [2.45, 2.75) is 70.9 Å². The van der Waals surface area contributed by atoms with Gasteiger partial charge in [-0.2, -0.15) is 0 Å². The van der Waals surface area contributed by atoms with E-state index in [1.54, 1.807) is 0 Å². The van der Waals surface area contributed by atoms with Crippen molar-refractivity contribution in [3.05, 3.63) is 0 Å². The van der Waals surface area contributed by atoms with Gasteiger partial charge in [-0.1, -0.05) is 27.7 Å². The minimum atomic E-state index is -1.80. The quantitative estimate of drug-likeness (QED) is 0.553. The van der Waals surface area contributed by atoms with Gasteiger partial charge >= 0.3 is 0 Å². The van der Waals surface area contributed by atoms with Crippen molar-refractivity contribution in [1.29, 1.82) is 0 Å². The summed E-state index contributed by atoms with van der Waals surface area (Å²) in [6.07, 6.45) is 0.366. The molecule has 0 radical (unpaired) electrons. The summed E-state index contributed by atoms with van der Waals surface area (Å²) in [7, 11) is -1.80. The van der Waals surface area contributed by atoms with E-state index in [0.29, 0.717) is 13.0 Å². The number of ether oxygens (including phenoxy) is 1. The highest BCUT2D eigenvalue weighted by Gasteiger charge is 2.37. The van der Waals surface area contributed by atoms with Crippen LogP contribution in [0.3, 0.4) is 0 Å². The maximum Gasteiger partial charge on any atom is 0.192 e. The van der Waals surface area contributed by atoms with E-state index in [0.717, 1.165) is 6.61 Å². The van der Waals surface area contributed by atoms with Crippen LogP contribution in [0.15, 0.2) is 0 Å². The molecule has 0 spiro atoms. The zero-order valence-corrected chi connectivity index (χ0v) is 14.7. The molecule has 1 aliphatic heterocycles. The summed E-state index contributed by atoms with van der Waals surface area (Å²) in [5.74, 6) is -0.0734. The van der Waals surface area contributed by atoms with Gasteiger partial charge in [0.1, 0.15) is 5.78 Å². The first-order valence-electron chi connectivity index (χ1n) is 7.49. The number of hydrogen-bond acceptors (Lipinski definition) is 4. The third-order valence-electron chi connectivity index (χ3n) is 4.42. The van der Waals surface area contributed by atoms with E-state index < -0.39 is 14.4 Å². The molecule has 0 aromatic heterocycles. The highest BCUT2D eigenvalue weighted by Crippen LogP contribution is 2.36. The second-order valence-electron chi connectivity index (χ2n) is 7.49. The first-order chi connectivity index (χ1) is 9.03. The number of rotatable bonds is 8. The highest BCUT2D eigenvalue weighted by atomic mass is 28.4. The fourth-order valence-electron chi connectivity index (χ4n) is 1.67. The Bertz CT molecular complexity index is 331. The summed E-state index contributed by atoms with van der Waals surface area (Å²) < 4.78 is 11.1.